The molecule has 3 heteroatoms. The number of carboxylic acid groups (broad SMARTS) is 1. The lowest BCUT2D eigenvalue weighted by Gasteiger charge is -1.99. The summed E-state index contributed by atoms with van der Waals surface area (Å²) in [5, 5.41) is 17.4. The molecule has 0 heterocycles. The number of carboxylic acids is 1. The highest BCUT2D eigenvalue weighted by Crippen LogP contribution is 2.10. The van der Waals surface area contributed by atoms with E-state index in [1.807, 2.05) is 0 Å². The first-order valence-electron chi connectivity index (χ1n) is 4.35. The van der Waals surface area contributed by atoms with Crippen molar-refractivity contribution < 1.29 is 15.0 Å². The van der Waals surface area contributed by atoms with Gasteiger partial charge >= 0.3 is 5.97 Å². The maximum absolute atomic E-state index is 10.8. The smallest absolute Gasteiger partial charge is 0.336 e. The zero-order chi connectivity index (χ0) is 10.4. The first-order chi connectivity index (χ1) is 6.75. The molecule has 1 aromatic rings. The third-order valence-corrected chi connectivity index (χ3v) is 1.78. The molecule has 0 aliphatic rings. The van der Waals surface area contributed by atoms with Gasteiger partial charge in [0.05, 0.1) is 5.56 Å². The second-order valence-corrected chi connectivity index (χ2v) is 2.81. The van der Waals surface area contributed by atoms with Gasteiger partial charge in [0.25, 0.3) is 0 Å². The quantitative estimate of drug-likeness (QED) is 0.764. The van der Waals surface area contributed by atoms with Gasteiger partial charge in [-0.3, -0.25) is 0 Å². The van der Waals surface area contributed by atoms with Gasteiger partial charge in [-0.25, -0.2) is 4.79 Å². The van der Waals surface area contributed by atoms with Crippen LogP contribution in [-0.2, 0) is 0 Å². The minimum absolute atomic E-state index is 0.0751. The predicted molar refractivity (Wildman–Crippen MR) is 54.1 cm³/mol. The van der Waals surface area contributed by atoms with E-state index in [1.165, 1.54) is 0 Å². The number of hydrogen-bond acceptors (Lipinski definition) is 2. The molecule has 2 N–H and O–H groups in total. The lowest BCUT2D eigenvalue weighted by Crippen LogP contribution is -1.98. The van der Waals surface area contributed by atoms with E-state index in [4.69, 9.17) is 10.2 Å². The molecule has 0 bridgehead atoms. The molecule has 0 amide bonds. The molecule has 14 heavy (non-hydrogen) atoms. The van der Waals surface area contributed by atoms with Gasteiger partial charge in [0.15, 0.2) is 0 Å². The van der Waals surface area contributed by atoms with Crippen molar-refractivity contribution in [2.75, 3.05) is 6.61 Å². The van der Waals surface area contributed by atoms with Crippen LogP contribution in [0.1, 0.15) is 22.3 Å². The van der Waals surface area contributed by atoms with Crippen molar-refractivity contribution in [2.45, 2.75) is 6.42 Å². The summed E-state index contributed by atoms with van der Waals surface area (Å²) in [5.74, 6) is -0.936. The van der Waals surface area contributed by atoms with E-state index in [9.17, 15) is 4.79 Å². The van der Waals surface area contributed by atoms with Gasteiger partial charge in [0.1, 0.15) is 0 Å². The monoisotopic (exact) mass is 192 g/mol. The molecule has 0 aromatic heterocycles. The van der Waals surface area contributed by atoms with Gasteiger partial charge < -0.3 is 10.2 Å². The Morgan fingerprint density at radius 3 is 2.71 bits per heavy atom. The van der Waals surface area contributed by atoms with E-state index >= 15 is 0 Å². The minimum atomic E-state index is -0.936. The summed E-state index contributed by atoms with van der Waals surface area (Å²) < 4.78 is 0. The number of aromatic carboxylic acids is 1. The SMILES string of the molecule is O=C(O)c1ccccc1C=CCCO. The van der Waals surface area contributed by atoms with E-state index in [0.717, 1.165) is 0 Å². The van der Waals surface area contributed by atoms with Gasteiger partial charge in [-0.15, -0.1) is 0 Å². The summed E-state index contributed by atoms with van der Waals surface area (Å²) in [6.07, 6.45) is 4.00. The Kier molecular flexibility index (Phi) is 3.88. The van der Waals surface area contributed by atoms with Crippen LogP contribution in [-0.4, -0.2) is 22.8 Å². The molecular formula is C11H12O3. The van der Waals surface area contributed by atoms with Crippen LogP contribution in [0.5, 0.6) is 0 Å². The lowest BCUT2D eigenvalue weighted by molar-refractivity contribution is 0.0696. The topological polar surface area (TPSA) is 57.5 Å². The molecule has 74 valence electrons. The number of benzene rings is 1. The van der Waals surface area contributed by atoms with Crippen molar-refractivity contribution in [2.24, 2.45) is 0 Å². The van der Waals surface area contributed by atoms with E-state index in [-0.39, 0.29) is 12.2 Å². The minimum Gasteiger partial charge on any atom is -0.478 e. The van der Waals surface area contributed by atoms with Gasteiger partial charge in [-0.2, -0.15) is 0 Å². The third-order valence-electron chi connectivity index (χ3n) is 1.78. The number of aliphatic hydroxyl groups is 1. The fraction of sp³-hybridized carbons (Fsp3) is 0.182. The maximum atomic E-state index is 10.8. The number of rotatable bonds is 4. The standard InChI is InChI=1S/C11H12O3/c12-8-4-3-6-9-5-1-2-7-10(9)11(13)14/h1-3,5-7,12H,4,8H2,(H,13,14). The fourth-order valence-corrected chi connectivity index (χ4v) is 1.12. The summed E-state index contributed by atoms with van der Waals surface area (Å²) in [7, 11) is 0. The Labute approximate surface area is 82.3 Å². The largest absolute Gasteiger partial charge is 0.478 e. The molecule has 0 atom stereocenters. The van der Waals surface area contributed by atoms with Gasteiger partial charge in [-0.1, -0.05) is 30.4 Å². The number of carbonyl (C=O) groups is 1. The summed E-state index contributed by atoms with van der Waals surface area (Å²) >= 11 is 0. The highest BCUT2D eigenvalue weighted by Gasteiger charge is 2.05. The highest BCUT2D eigenvalue weighted by molar-refractivity contribution is 5.92. The normalized spacial score (nSPS) is 10.6. The van der Waals surface area contributed by atoms with Crippen LogP contribution in [0.3, 0.4) is 0 Å². The second-order valence-electron chi connectivity index (χ2n) is 2.81. The van der Waals surface area contributed by atoms with Crippen LogP contribution in [0.2, 0.25) is 0 Å². The van der Waals surface area contributed by atoms with E-state index in [0.29, 0.717) is 12.0 Å². The van der Waals surface area contributed by atoms with Crippen molar-refractivity contribution in [1.29, 1.82) is 0 Å². The van der Waals surface area contributed by atoms with Crippen LogP contribution >= 0.6 is 0 Å². The molecule has 3 nitrogen and oxygen atoms in total. The van der Waals surface area contributed by atoms with Crippen LogP contribution in [0, 0.1) is 0 Å². The molecule has 0 unspecified atom stereocenters. The Morgan fingerprint density at radius 2 is 2.07 bits per heavy atom. The Bertz CT molecular complexity index is 342. The first kappa shape index (κ1) is 10.5. The van der Waals surface area contributed by atoms with Crippen LogP contribution < -0.4 is 0 Å². The zero-order valence-corrected chi connectivity index (χ0v) is 7.68. The second kappa shape index (κ2) is 5.19. The molecule has 0 fully saturated rings. The molecule has 0 aliphatic heterocycles. The van der Waals surface area contributed by atoms with E-state index < -0.39 is 5.97 Å². The first-order valence-corrected chi connectivity index (χ1v) is 4.35. The van der Waals surface area contributed by atoms with Gasteiger partial charge in [0, 0.05) is 6.61 Å². The molecule has 0 aliphatic carbocycles. The molecule has 0 saturated carbocycles. The Balaban J connectivity index is 2.90. The fourth-order valence-electron chi connectivity index (χ4n) is 1.12. The highest BCUT2D eigenvalue weighted by atomic mass is 16.4. The molecular weight excluding hydrogens is 180 g/mol. The molecule has 0 spiro atoms. The van der Waals surface area contributed by atoms with E-state index in [1.54, 1.807) is 36.4 Å². The Morgan fingerprint density at radius 1 is 1.36 bits per heavy atom. The molecule has 0 saturated heterocycles. The van der Waals surface area contributed by atoms with Crippen molar-refractivity contribution in [3.8, 4) is 0 Å². The maximum Gasteiger partial charge on any atom is 0.336 e. The predicted octanol–water partition coefficient (Wildman–Crippen LogP) is 1.78. The summed E-state index contributed by atoms with van der Waals surface area (Å²) in [4.78, 5) is 10.8. The zero-order valence-electron chi connectivity index (χ0n) is 7.68. The summed E-state index contributed by atoms with van der Waals surface area (Å²) in [6, 6.07) is 6.76. The summed E-state index contributed by atoms with van der Waals surface area (Å²) in [6.45, 7) is 0.0751. The van der Waals surface area contributed by atoms with Crippen LogP contribution in [0.15, 0.2) is 30.3 Å². The van der Waals surface area contributed by atoms with Crippen molar-refractivity contribution in [3.63, 3.8) is 0 Å². The molecule has 1 aromatic carbocycles. The van der Waals surface area contributed by atoms with Gasteiger partial charge in [0.2, 0.25) is 0 Å². The number of aliphatic hydroxyl groups excluding tert-OH is 1. The lowest BCUT2D eigenvalue weighted by atomic mass is 10.1. The van der Waals surface area contributed by atoms with Crippen LogP contribution in [0.25, 0.3) is 6.08 Å². The number of hydrogen-bond donors (Lipinski definition) is 2. The average Bonchev–Trinajstić information content (AvgIpc) is 2.19. The van der Waals surface area contributed by atoms with E-state index in [2.05, 4.69) is 0 Å². The van der Waals surface area contributed by atoms with Crippen molar-refractivity contribution in [3.05, 3.63) is 41.5 Å². The third kappa shape index (κ3) is 2.71. The van der Waals surface area contributed by atoms with Crippen LogP contribution in [0.4, 0.5) is 0 Å². The van der Waals surface area contributed by atoms with Gasteiger partial charge in [-0.05, 0) is 18.1 Å². The average molecular weight is 192 g/mol. The van der Waals surface area contributed by atoms with Crippen molar-refractivity contribution >= 4 is 12.0 Å². The molecule has 0 radical (unpaired) electrons. The van der Waals surface area contributed by atoms with Crippen molar-refractivity contribution in [1.82, 2.24) is 0 Å². The Hall–Kier alpha value is -1.61. The molecule has 1 rings (SSSR count). The summed E-state index contributed by atoms with van der Waals surface area (Å²) in [5.41, 5.74) is 0.940.